The number of nitrogens with zero attached hydrogens (tertiary/aromatic N) is 3. The van der Waals surface area contributed by atoms with E-state index in [0.29, 0.717) is 23.9 Å². The molecule has 3 atom stereocenters. The van der Waals surface area contributed by atoms with Gasteiger partial charge in [-0.1, -0.05) is 36.5 Å². The lowest BCUT2D eigenvalue weighted by Gasteiger charge is -2.18. The standard InChI is InChI=1S/C22H29N7/c1-13-27-19-20(29(13)12-14-4-6-16(26-3)7-5-14)17-10-15(23)8-9-22(2,25)11-18(17)28-21(19)24/h4-6,8-11,15-16,26H,7,12,23,25H2,1-3H3,(H2,24,28)/b9-8-,17-10+,18-11+. The van der Waals surface area contributed by atoms with Crippen molar-refractivity contribution in [1.82, 2.24) is 19.9 Å². The van der Waals surface area contributed by atoms with Gasteiger partial charge in [0.15, 0.2) is 5.82 Å². The molecule has 2 aromatic rings. The van der Waals surface area contributed by atoms with Crippen molar-refractivity contribution in [1.29, 1.82) is 0 Å². The lowest BCUT2D eigenvalue weighted by molar-refractivity contribution is 0.660. The highest BCUT2D eigenvalue weighted by atomic mass is 15.1. The van der Waals surface area contributed by atoms with Gasteiger partial charge in [0.1, 0.15) is 11.3 Å². The predicted octanol–water partition coefficient (Wildman–Crippen LogP) is -0.0283. The van der Waals surface area contributed by atoms with E-state index < -0.39 is 5.54 Å². The number of imidazole rings is 1. The molecule has 0 saturated heterocycles. The van der Waals surface area contributed by atoms with Gasteiger partial charge in [0.2, 0.25) is 0 Å². The van der Waals surface area contributed by atoms with Crippen molar-refractivity contribution in [3.8, 4) is 0 Å². The predicted molar refractivity (Wildman–Crippen MR) is 119 cm³/mol. The topological polar surface area (TPSA) is 121 Å². The molecule has 2 aliphatic carbocycles. The first-order chi connectivity index (χ1) is 13.8. The van der Waals surface area contributed by atoms with Crippen LogP contribution in [0.3, 0.4) is 0 Å². The Bertz CT molecular complexity index is 1160. The molecule has 0 aromatic carbocycles. The summed E-state index contributed by atoms with van der Waals surface area (Å²) in [6.45, 7) is 4.63. The number of pyridine rings is 1. The van der Waals surface area contributed by atoms with Crippen molar-refractivity contribution in [3.63, 3.8) is 0 Å². The van der Waals surface area contributed by atoms with Crippen molar-refractivity contribution in [3.05, 3.63) is 52.3 Å². The highest BCUT2D eigenvalue weighted by Gasteiger charge is 2.19. The Morgan fingerprint density at radius 3 is 2.79 bits per heavy atom. The maximum absolute atomic E-state index is 6.40. The molecule has 0 amide bonds. The maximum atomic E-state index is 6.40. The Kier molecular flexibility index (Phi) is 4.90. The van der Waals surface area contributed by atoms with Crippen molar-refractivity contribution >= 4 is 29.0 Å². The Labute approximate surface area is 170 Å². The van der Waals surface area contributed by atoms with Crippen LogP contribution in [0.25, 0.3) is 23.2 Å². The number of rotatable bonds is 3. The van der Waals surface area contributed by atoms with E-state index in [1.165, 1.54) is 5.57 Å². The van der Waals surface area contributed by atoms with Gasteiger partial charge in [-0.2, -0.15) is 0 Å². The molecule has 152 valence electrons. The Balaban J connectivity index is 1.95. The van der Waals surface area contributed by atoms with Gasteiger partial charge in [-0.3, -0.25) is 0 Å². The Morgan fingerprint density at radius 1 is 1.31 bits per heavy atom. The summed E-state index contributed by atoms with van der Waals surface area (Å²) in [5.41, 5.74) is 21.2. The van der Waals surface area contributed by atoms with Gasteiger partial charge < -0.3 is 27.1 Å². The molecule has 29 heavy (non-hydrogen) atoms. The van der Waals surface area contributed by atoms with Gasteiger partial charge >= 0.3 is 0 Å². The van der Waals surface area contributed by atoms with E-state index in [1.54, 1.807) is 0 Å². The average Bonchev–Trinajstić information content (AvgIpc) is 3.00. The molecule has 3 unspecified atom stereocenters. The third-order valence-electron chi connectivity index (χ3n) is 5.55. The van der Waals surface area contributed by atoms with Crippen LogP contribution in [0, 0.1) is 6.92 Å². The summed E-state index contributed by atoms with van der Waals surface area (Å²) in [5.74, 6) is 1.30. The third kappa shape index (κ3) is 3.76. The first kappa shape index (κ1) is 19.6. The minimum absolute atomic E-state index is 0.271. The Morgan fingerprint density at radius 2 is 2.10 bits per heavy atom. The highest BCUT2D eigenvalue weighted by molar-refractivity contribution is 5.87. The average molecular weight is 392 g/mol. The van der Waals surface area contributed by atoms with Gasteiger partial charge in [0, 0.05) is 23.8 Å². The third-order valence-corrected chi connectivity index (χ3v) is 5.55. The first-order valence-electron chi connectivity index (χ1n) is 9.93. The molecule has 7 heteroatoms. The number of likely N-dealkylation sites (N-methyl/N-ethyl adjacent to an activating group) is 1. The normalized spacial score (nSPS) is 29.8. The Hall–Kier alpha value is -2.74. The molecule has 2 aliphatic rings. The van der Waals surface area contributed by atoms with Crippen molar-refractivity contribution < 1.29 is 0 Å². The van der Waals surface area contributed by atoms with E-state index in [4.69, 9.17) is 22.2 Å². The molecule has 0 aliphatic heterocycles. The molecule has 0 spiro atoms. The zero-order valence-electron chi connectivity index (χ0n) is 17.2. The maximum Gasteiger partial charge on any atom is 0.152 e. The van der Waals surface area contributed by atoms with Gasteiger partial charge in [-0.25, -0.2) is 9.97 Å². The molecule has 0 bridgehead atoms. The molecule has 2 aromatic heterocycles. The second-order valence-corrected chi connectivity index (χ2v) is 8.12. The van der Waals surface area contributed by atoms with Crippen LogP contribution in [0.5, 0.6) is 0 Å². The van der Waals surface area contributed by atoms with Crippen LogP contribution in [0.15, 0.2) is 36.0 Å². The summed E-state index contributed by atoms with van der Waals surface area (Å²) < 4.78 is 2.19. The number of allylic oxidation sites excluding steroid dienone is 2. The fourth-order valence-electron chi connectivity index (χ4n) is 3.94. The van der Waals surface area contributed by atoms with Crippen LogP contribution in [-0.2, 0) is 6.54 Å². The molecule has 7 N–H and O–H groups in total. The molecule has 4 rings (SSSR count). The smallest absolute Gasteiger partial charge is 0.152 e. The van der Waals surface area contributed by atoms with E-state index in [9.17, 15) is 0 Å². The lowest BCUT2D eigenvalue weighted by atomic mass is 9.98. The summed E-state index contributed by atoms with van der Waals surface area (Å²) in [6, 6.07) is 0.113. The second kappa shape index (κ2) is 7.26. The number of anilines is 1. The summed E-state index contributed by atoms with van der Waals surface area (Å²) in [6.07, 6.45) is 15.4. The molecule has 0 fully saturated rings. The van der Waals surface area contributed by atoms with Crippen molar-refractivity contribution in [2.45, 2.75) is 44.4 Å². The second-order valence-electron chi connectivity index (χ2n) is 8.12. The lowest BCUT2D eigenvalue weighted by Crippen LogP contribution is -2.42. The summed E-state index contributed by atoms with van der Waals surface area (Å²) >= 11 is 0. The molecule has 2 heterocycles. The monoisotopic (exact) mass is 391 g/mol. The number of aromatic nitrogens is 3. The van der Waals surface area contributed by atoms with Crippen LogP contribution in [0.1, 0.15) is 19.2 Å². The van der Waals surface area contributed by atoms with Gasteiger partial charge in [0.05, 0.1) is 16.4 Å². The summed E-state index contributed by atoms with van der Waals surface area (Å²) in [5, 5.41) is 4.95. The number of fused-ring (bicyclic) bond motifs is 3. The van der Waals surface area contributed by atoms with E-state index in [-0.39, 0.29) is 6.04 Å². The van der Waals surface area contributed by atoms with E-state index >= 15 is 0 Å². The molecular formula is C22H29N7. The number of aryl methyl sites for hydroxylation is 1. The number of hydrogen-bond acceptors (Lipinski definition) is 6. The van der Waals surface area contributed by atoms with E-state index in [2.05, 4.69) is 33.1 Å². The quantitative estimate of drug-likeness (QED) is 0.546. The SMILES string of the molecule is CNC1C=CC(Cn2c(C)nc3c(N)nc4/c(c32)=C\C(N)/C=C\C(C)(N)\C=4)=CC1. The van der Waals surface area contributed by atoms with Crippen molar-refractivity contribution in [2.24, 2.45) is 11.5 Å². The van der Waals surface area contributed by atoms with Crippen LogP contribution in [0.2, 0.25) is 0 Å². The van der Waals surface area contributed by atoms with Gasteiger partial charge in [0.25, 0.3) is 0 Å². The largest absolute Gasteiger partial charge is 0.382 e. The van der Waals surface area contributed by atoms with Crippen LogP contribution in [0.4, 0.5) is 5.82 Å². The van der Waals surface area contributed by atoms with Crippen LogP contribution in [-0.4, -0.2) is 39.2 Å². The number of hydrogen-bond donors (Lipinski definition) is 4. The van der Waals surface area contributed by atoms with Crippen LogP contribution >= 0.6 is 0 Å². The van der Waals surface area contributed by atoms with Crippen LogP contribution < -0.4 is 33.1 Å². The van der Waals surface area contributed by atoms with Gasteiger partial charge in [-0.05, 0) is 39.0 Å². The minimum Gasteiger partial charge on any atom is -0.382 e. The zero-order chi connectivity index (χ0) is 20.8. The fraction of sp³-hybridized carbons (Fsp3) is 0.364. The van der Waals surface area contributed by atoms with Crippen molar-refractivity contribution in [2.75, 3.05) is 12.8 Å². The fourth-order valence-corrected chi connectivity index (χ4v) is 3.94. The summed E-state index contributed by atoms with van der Waals surface area (Å²) in [7, 11) is 1.98. The molecule has 0 saturated carbocycles. The molecular weight excluding hydrogens is 362 g/mol. The van der Waals surface area contributed by atoms with E-state index in [1.807, 2.05) is 45.2 Å². The summed E-state index contributed by atoms with van der Waals surface area (Å²) in [4.78, 5) is 9.33. The molecule has 7 nitrogen and oxygen atoms in total. The van der Waals surface area contributed by atoms with E-state index in [0.717, 1.165) is 28.3 Å². The number of nitrogen functional groups attached to an aromatic ring is 1. The molecule has 0 radical (unpaired) electrons. The number of nitrogens with two attached hydrogens (primary N) is 3. The minimum atomic E-state index is -0.662. The zero-order valence-corrected chi connectivity index (χ0v) is 17.2. The highest BCUT2D eigenvalue weighted by Crippen LogP contribution is 2.20. The van der Waals surface area contributed by atoms with Gasteiger partial charge in [-0.15, -0.1) is 0 Å². The number of nitrogens with one attached hydrogen (secondary N) is 1. The first-order valence-corrected chi connectivity index (χ1v) is 9.93.